The third-order valence-corrected chi connectivity index (χ3v) is 7.03. The van der Waals surface area contributed by atoms with Gasteiger partial charge in [0, 0.05) is 32.4 Å². The van der Waals surface area contributed by atoms with E-state index in [1.807, 2.05) is 4.68 Å². The Hall–Kier alpha value is -1.47. The fraction of sp³-hybridized carbons (Fsp3) is 0.857. The van der Waals surface area contributed by atoms with E-state index in [2.05, 4.69) is 26.7 Å². The van der Waals surface area contributed by atoms with Crippen LogP contribution in [0, 0.1) is 17.8 Å². The molecular weight excluding hydrogens is 354 g/mol. The van der Waals surface area contributed by atoms with Crippen LogP contribution in [0.3, 0.4) is 0 Å². The van der Waals surface area contributed by atoms with E-state index < -0.39 is 0 Å². The Morgan fingerprint density at radius 3 is 2.89 bits per heavy atom. The number of carbonyl (C=O) groups excluding carboxylic acids is 1. The quantitative estimate of drug-likeness (QED) is 0.687. The molecule has 0 spiro atoms. The summed E-state index contributed by atoms with van der Waals surface area (Å²) in [6, 6.07) is 0.478. The van der Waals surface area contributed by atoms with Gasteiger partial charge < -0.3 is 10.1 Å². The molecule has 0 radical (unpaired) electrons. The topological polar surface area (TPSA) is 72.3 Å². The van der Waals surface area contributed by atoms with Gasteiger partial charge in [-0.05, 0) is 37.6 Å². The third kappa shape index (κ3) is 4.74. The van der Waals surface area contributed by atoms with Gasteiger partial charge in [-0.25, -0.2) is 0 Å². The fourth-order valence-electron chi connectivity index (χ4n) is 5.46. The molecule has 5 rings (SSSR count). The SMILES string of the molecule is COCCNC(=O)[C@H]1CN2CCC1C[C@@H]2Cn1cc(CC2CCCCC2)nn1. The molecule has 1 N–H and O–H groups in total. The molecule has 156 valence electrons. The number of nitrogens with one attached hydrogen (secondary N) is 1. The first kappa shape index (κ1) is 19.8. The van der Waals surface area contributed by atoms with Gasteiger partial charge in [-0.15, -0.1) is 5.10 Å². The van der Waals surface area contributed by atoms with Crippen LogP contribution in [0.1, 0.15) is 50.6 Å². The van der Waals surface area contributed by atoms with E-state index in [1.54, 1.807) is 7.11 Å². The Balaban J connectivity index is 1.28. The molecular formula is C21H35N5O2. The summed E-state index contributed by atoms with van der Waals surface area (Å²) < 4.78 is 7.07. The summed E-state index contributed by atoms with van der Waals surface area (Å²) in [6.45, 7) is 4.04. The van der Waals surface area contributed by atoms with Crippen molar-refractivity contribution in [3.05, 3.63) is 11.9 Å². The number of amides is 1. The third-order valence-electron chi connectivity index (χ3n) is 7.03. The molecule has 0 aromatic carbocycles. The molecule has 4 aliphatic rings. The first-order chi connectivity index (χ1) is 13.7. The lowest BCUT2D eigenvalue weighted by Gasteiger charge is -2.49. The zero-order valence-electron chi connectivity index (χ0n) is 17.2. The van der Waals surface area contributed by atoms with Gasteiger partial charge in [0.25, 0.3) is 0 Å². The first-order valence-electron chi connectivity index (χ1n) is 11.1. The number of carbonyl (C=O) groups is 1. The van der Waals surface area contributed by atoms with E-state index in [0.717, 1.165) is 50.5 Å². The molecule has 3 saturated heterocycles. The smallest absolute Gasteiger partial charge is 0.224 e. The maximum absolute atomic E-state index is 12.5. The molecule has 1 aliphatic carbocycles. The summed E-state index contributed by atoms with van der Waals surface area (Å²) in [4.78, 5) is 15.0. The number of hydrogen-bond acceptors (Lipinski definition) is 5. The van der Waals surface area contributed by atoms with Crippen molar-refractivity contribution in [1.82, 2.24) is 25.2 Å². The number of methoxy groups -OCH3 is 1. The van der Waals surface area contributed by atoms with Crippen LogP contribution >= 0.6 is 0 Å². The number of nitrogens with zero attached hydrogens (tertiary/aromatic N) is 4. The van der Waals surface area contributed by atoms with Crippen molar-refractivity contribution in [3.8, 4) is 0 Å². The minimum atomic E-state index is 0.125. The van der Waals surface area contributed by atoms with Crippen molar-refractivity contribution in [1.29, 1.82) is 0 Å². The molecule has 2 unspecified atom stereocenters. The molecule has 3 aliphatic heterocycles. The van der Waals surface area contributed by atoms with Crippen molar-refractivity contribution in [2.45, 2.75) is 64.0 Å². The largest absolute Gasteiger partial charge is 0.383 e. The number of aromatic nitrogens is 3. The highest BCUT2D eigenvalue weighted by molar-refractivity contribution is 5.79. The van der Waals surface area contributed by atoms with Gasteiger partial charge in [-0.1, -0.05) is 37.3 Å². The van der Waals surface area contributed by atoms with E-state index >= 15 is 0 Å². The van der Waals surface area contributed by atoms with E-state index in [1.165, 1.54) is 32.1 Å². The molecule has 4 heterocycles. The van der Waals surface area contributed by atoms with Crippen LogP contribution < -0.4 is 5.32 Å². The second-order valence-electron chi connectivity index (χ2n) is 8.96. The van der Waals surface area contributed by atoms with Crippen LogP contribution in [0.5, 0.6) is 0 Å². The van der Waals surface area contributed by atoms with Crippen LogP contribution in [0.25, 0.3) is 0 Å². The Kier molecular flexibility index (Phi) is 6.62. The summed E-state index contributed by atoms with van der Waals surface area (Å²) >= 11 is 0. The highest BCUT2D eigenvalue weighted by Gasteiger charge is 2.43. The van der Waals surface area contributed by atoms with Gasteiger partial charge in [0.05, 0.1) is 24.8 Å². The van der Waals surface area contributed by atoms with Crippen molar-refractivity contribution in [2.24, 2.45) is 17.8 Å². The normalized spacial score (nSPS) is 30.5. The molecule has 1 saturated carbocycles. The first-order valence-corrected chi connectivity index (χ1v) is 11.1. The molecule has 1 amide bonds. The van der Waals surface area contributed by atoms with Gasteiger partial charge in [-0.2, -0.15) is 0 Å². The average Bonchev–Trinajstić information content (AvgIpc) is 3.16. The monoisotopic (exact) mass is 389 g/mol. The predicted octanol–water partition coefficient (Wildman–Crippen LogP) is 1.87. The average molecular weight is 390 g/mol. The highest BCUT2D eigenvalue weighted by atomic mass is 16.5. The minimum absolute atomic E-state index is 0.125. The van der Waals surface area contributed by atoms with Gasteiger partial charge in [0.1, 0.15) is 0 Å². The summed E-state index contributed by atoms with van der Waals surface area (Å²) in [6.07, 6.45) is 12.3. The lowest BCUT2D eigenvalue weighted by Crippen LogP contribution is -2.58. The van der Waals surface area contributed by atoms with E-state index in [-0.39, 0.29) is 11.8 Å². The maximum atomic E-state index is 12.5. The molecule has 28 heavy (non-hydrogen) atoms. The highest BCUT2D eigenvalue weighted by Crippen LogP contribution is 2.37. The zero-order chi connectivity index (χ0) is 19.3. The predicted molar refractivity (Wildman–Crippen MR) is 107 cm³/mol. The maximum Gasteiger partial charge on any atom is 0.224 e. The molecule has 2 bridgehead atoms. The molecule has 7 heteroatoms. The standard InChI is InChI=1S/C21H35N5O2/c1-28-10-8-22-21(27)20-15-25-9-7-17(20)12-19(25)14-26-13-18(23-24-26)11-16-5-3-2-4-6-16/h13,16-17,19-20H,2-12,14-15H2,1H3,(H,22,27)/t17?,19-,20+/m1/s1. The lowest BCUT2D eigenvalue weighted by molar-refractivity contribution is -0.133. The van der Waals surface area contributed by atoms with Crippen LogP contribution in [0.4, 0.5) is 0 Å². The van der Waals surface area contributed by atoms with Gasteiger partial charge >= 0.3 is 0 Å². The Morgan fingerprint density at radius 1 is 1.29 bits per heavy atom. The number of piperidine rings is 3. The summed E-state index contributed by atoms with van der Waals surface area (Å²) in [5.41, 5.74) is 1.15. The Morgan fingerprint density at radius 2 is 2.14 bits per heavy atom. The molecule has 1 aromatic rings. The number of fused-ring (bicyclic) bond motifs is 3. The van der Waals surface area contributed by atoms with Crippen LogP contribution in [-0.2, 0) is 22.5 Å². The number of rotatable bonds is 8. The molecule has 7 nitrogen and oxygen atoms in total. The van der Waals surface area contributed by atoms with E-state index in [0.29, 0.717) is 25.1 Å². The van der Waals surface area contributed by atoms with Gasteiger partial charge in [0.15, 0.2) is 0 Å². The summed E-state index contributed by atoms with van der Waals surface area (Å²) in [5.74, 6) is 1.61. The second kappa shape index (κ2) is 9.35. The number of ether oxygens (including phenoxy) is 1. The van der Waals surface area contributed by atoms with Crippen LogP contribution in [0.15, 0.2) is 6.20 Å². The second-order valence-corrected chi connectivity index (χ2v) is 8.96. The Labute approximate surface area is 168 Å². The van der Waals surface area contributed by atoms with Gasteiger partial charge in [0.2, 0.25) is 5.91 Å². The summed E-state index contributed by atoms with van der Waals surface area (Å²) in [5, 5.41) is 11.9. The van der Waals surface area contributed by atoms with Gasteiger partial charge in [-0.3, -0.25) is 14.4 Å². The van der Waals surface area contributed by atoms with Crippen LogP contribution in [-0.4, -0.2) is 65.2 Å². The fourth-order valence-corrected chi connectivity index (χ4v) is 5.46. The van der Waals surface area contributed by atoms with Crippen molar-refractivity contribution in [3.63, 3.8) is 0 Å². The minimum Gasteiger partial charge on any atom is -0.383 e. The summed E-state index contributed by atoms with van der Waals surface area (Å²) in [7, 11) is 1.66. The lowest BCUT2D eigenvalue weighted by atomic mass is 9.75. The van der Waals surface area contributed by atoms with Crippen molar-refractivity contribution < 1.29 is 9.53 Å². The van der Waals surface area contributed by atoms with E-state index in [4.69, 9.17) is 4.74 Å². The van der Waals surface area contributed by atoms with E-state index in [9.17, 15) is 4.79 Å². The number of hydrogen-bond donors (Lipinski definition) is 1. The van der Waals surface area contributed by atoms with Crippen molar-refractivity contribution >= 4 is 5.91 Å². The van der Waals surface area contributed by atoms with Crippen molar-refractivity contribution in [2.75, 3.05) is 33.4 Å². The zero-order valence-corrected chi connectivity index (χ0v) is 17.2. The molecule has 1 aromatic heterocycles. The molecule has 4 fully saturated rings. The molecule has 4 atom stereocenters. The van der Waals surface area contributed by atoms with Crippen LogP contribution in [0.2, 0.25) is 0 Å². The Bertz CT molecular complexity index is 642.